The molecule has 5 N–H and O–H groups in total. The van der Waals surface area contributed by atoms with Crippen molar-refractivity contribution in [2.24, 2.45) is 5.73 Å². The smallest absolute Gasteiger partial charge is 0.312 e. The van der Waals surface area contributed by atoms with E-state index in [0.717, 1.165) is 5.69 Å². The first kappa shape index (κ1) is 12.8. The molecule has 0 fully saturated rings. The predicted molar refractivity (Wildman–Crippen MR) is 65.9 cm³/mol. The number of primary amides is 1. The van der Waals surface area contributed by atoms with Gasteiger partial charge in [-0.1, -0.05) is 12.1 Å². The average Bonchev–Trinajstić information content (AvgIpc) is 2.34. The molecule has 0 unspecified atom stereocenters. The highest BCUT2D eigenvalue weighted by molar-refractivity contribution is 5.99. The molecule has 1 rings (SSSR count). The number of para-hydroxylation sites is 1. The average molecular weight is 236 g/mol. The minimum Gasteiger partial charge on any atom is -0.387 e. The molecule has 0 saturated heterocycles. The molecule has 1 aromatic rings. The molecule has 0 saturated carbocycles. The Morgan fingerprint density at radius 3 is 2.47 bits per heavy atom. The van der Waals surface area contributed by atoms with Crippen LogP contribution >= 0.6 is 0 Å². The third kappa shape index (κ3) is 4.02. The molecule has 0 atom stereocenters. The minimum atomic E-state index is -0.602. The first-order chi connectivity index (χ1) is 8.15. The Labute approximate surface area is 99.6 Å². The highest BCUT2D eigenvalue weighted by Gasteiger charge is 2.08. The van der Waals surface area contributed by atoms with E-state index in [4.69, 9.17) is 5.73 Å². The van der Waals surface area contributed by atoms with E-state index < -0.39 is 6.03 Å². The molecule has 0 aliphatic heterocycles. The zero-order valence-corrected chi connectivity index (χ0v) is 9.62. The summed E-state index contributed by atoms with van der Waals surface area (Å²) in [6.07, 6.45) is 0. The van der Waals surface area contributed by atoms with Gasteiger partial charge in [-0.05, 0) is 12.1 Å². The number of carbonyl (C=O) groups is 2. The molecular weight excluding hydrogens is 220 g/mol. The van der Waals surface area contributed by atoms with Gasteiger partial charge in [0.2, 0.25) is 0 Å². The Kier molecular flexibility index (Phi) is 4.80. The summed E-state index contributed by atoms with van der Waals surface area (Å²) in [5.41, 5.74) is 6.21. The van der Waals surface area contributed by atoms with Gasteiger partial charge in [0, 0.05) is 25.8 Å². The number of hydrogen-bond donors (Lipinski definition) is 4. The van der Waals surface area contributed by atoms with Gasteiger partial charge in [0.05, 0.1) is 5.56 Å². The van der Waals surface area contributed by atoms with Crippen molar-refractivity contribution < 1.29 is 9.59 Å². The van der Waals surface area contributed by atoms with E-state index in [-0.39, 0.29) is 5.91 Å². The second kappa shape index (κ2) is 6.37. The van der Waals surface area contributed by atoms with Crippen molar-refractivity contribution in [3.05, 3.63) is 29.8 Å². The molecule has 0 radical (unpaired) electrons. The van der Waals surface area contributed by atoms with Crippen LogP contribution in [0.15, 0.2) is 24.3 Å². The summed E-state index contributed by atoms with van der Waals surface area (Å²) in [6, 6.07) is 6.57. The number of amides is 3. The van der Waals surface area contributed by atoms with E-state index in [1.807, 2.05) is 12.1 Å². The van der Waals surface area contributed by atoms with Crippen molar-refractivity contribution in [2.45, 2.75) is 0 Å². The minimum absolute atomic E-state index is 0.193. The van der Waals surface area contributed by atoms with Gasteiger partial charge in [0.1, 0.15) is 0 Å². The zero-order chi connectivity index (χ0) is 12.7. The molecule has 0 aliphatic rings. The maximum Gasteiger partial charge on any atom is 0.312 e. The summed E-state index contributed by atoms with van der Waals surface area (Å²) >= 11 is 0. The van der Waals surface area contributed by atoms with E-state index in [1.165, 1.54) is 0 Å². The lowest BCUT2D eigenvalue weighted by molar-refractivity contribution is 0.0954. The van der Waals surface area contributed by atoms with Gasteiger partial charge < -0.3 is 21.7 Å². The van der Waals surface area contributed by atoms with Crippen LogP contribution < -0.4 is 21.7 Å². The Balaban J connectivity index is 2.49. The van der Waals surface area contributed by atoms with Crippen LogP contribution in [0.1, 0.15) is 10.4 Å². The predicted octanol–water partition coefficient (Wildman–Crippen LogP) is 0.126. The topological polar surface area (TPSA) is 96.2 Å². The Hall–Kier alpha value is -2.24. The van der Waals surface area contributed by atoms with Gasteiger partial charge in [-0.15, -0.1) is 0 Å². The van der Waals surface area contributed by atoms with Crippen LogP contribution in [0.2, 0.25) is 0 Å². The van der Waals surface area contributed by atoms with Crippen LogP contribution in [0.25, 0.3) is 0 Å². The fourth-order valence-corrected chi connectivity index (χ4v) is 1.36. The molecule has 6 heteroatoms. The standard InChI is InChI=1S/C11H16N4O2/c1-13-9-5-3-2-4-8(9)10(16)14-6-7-15-11(12)17/h2-5,13H,6-7H2,1H3,(H,14,16)(H3,12,15,17). The molecule has 17 heavy (non-hydrogen) atoms. The second-order valence-electron chi connectivity index (χ2n) is 3.34. The number of urea groups is 1. The van der Waals surface area contributed by atoms with Gasteiger partial charge in [-0.25, -0.2) is 4.79 Å². The number of carbonyl (C=O) groups excluding carboxylic acids is 2. The highest BCUT2D eigenvalue weighted by atomic mass is 16.2. The molecule has 0 bridgehead atoms. The van der Waals surface area contributed by atoms with Gasteiger partial charge in [0.15, 0.2) is 0 Å². The monoisotopic (exact) mass is 236 g/mol. The van der Waals surface area contributed by atoms with Crippen molar-refractivity contribution in [3.8, 4) is 0 Å². The van der Waals surface area contributed by atoms with Crippen LogP contribution in [-0.2, 0) is 0 Å². The number of nitrogens with two attached hydrogens (primary N) is 1. The third-order valence-electron chi connectivity index (χ3n) is 2.15. The Bertz CT molecular complexity index is 406. The molecule has 0 spiro atoms. The van der Waals surface area contributed by atoms with Crippen molar-refractivity contribution in [1.29, 1.82) is 0 Å². The van der Waals surface area contributed by atoms with Gasteiger partial charge >= 0.3 is 6.03 Å². The fourth-order valence-electron chi connectivity index (χ4n) is 1.36. The van der Waals surface area contributed by atoms with Crippen LogP contribution in [-0.4, -0.2) is 32.1 Å². The first-order valence-electron chi connectivity index (χ1n) is 5.23. The lowest BCUT2D eigenvalue weighted by Gasteiger charge is -2.09. The lowest BCUT2D eigenvalue weighted by atomic mass is 10.1. The van der Waals surface area contributed by atoms with Crippen molar-refractivity contribution in [1.82, 2.24) is 10.6 Å². The molecular formula is C11H16N4O2. The number of anilines is 1. The van der Waals surface area contributed by atoms with Crippen molar-refractivity contribution in [3.63, 3.8) is 0 Å². The number of nitrogens with one attached hydrogen (secondary N) is 3. The molecule has 0 aromatic heterocycles. The molecule has 92 valence electrons. The second-order valence-corrected chi connectivity index (χ2v) is 3.34. The fraction of sp³-hybridized carbons (Fsp3) is 0.273. The summed E-state index contributed by atoms with van der Waals surface area (Å²) in [5, 5.41) is 8.00. The van der Waals surface area contributed by atoms with Gasteiger partial charge in [-0.2, -0.15) is 0 Å². The lowest BCUT2D eigenvalue weighted by Crippen LogP contribution is -2.37. The zero-order valence-electron chi connectivity index (χ0n) is 9.62. The van der Waals surface area contributed by atoms with Crippen LogP contribution in [0.3, 0.4) is 0 Å². The highest BCUT2D eigenvalue weighted by Crippen LogP contribution is 2.13. The maximum absolute atomic E-state index is 11.8. The number of hydrogen-bond acceptors (Lipinski definition) is 3. The number of benzene rings is 1. The SMILES string of the molecule is CNc1ccccc1C(=O)NCCNC(N)=O. The third-order valence-corrected chi connectivity index (χ3v) is 2.15. The van der Waals surface area contributed by atoms with E-state index in [1.54, 1.807) is 19.2 Å². The summed E-state index contributed by atoms with van der Waals surface area (Å²) < 4.78 is 0. The quantitative estimate of drug-likeness (QED) is 0.547. The van der Waals surface area contributed by atoms with Crippen molar-refractivity contribution in [2.75, 3.05) is 25.5 Å². The Morgan fingerprint density at radius 2 is 1.82 bits per heavy atom. The molecule has 0 aliphatic carbocycles. The Morgan fingerprint density at radius 1 is 1.18 bits per heavy atom. The molecule has 1 aromatic carbocycles. The van der Waals surface area contributed by atoms with E-state index in [0.29, 0.717) is 18.7 Å². The van der Waals surface area contributed by atoms with E-state index in [2.05, 4.69) is 16.0 Å². The summed E-state index contributed by atoms with van der Waals surface area (Å²) in [4.78, 5) is 22.2. The summed E-state index contributed by atoms with van der Waals surface area (Å²) in [7, 11) is 1.75. The summed E-state index contributed by atoms with van der Waals surface area (Å²) in [6.45, 7) is 0.641. The molecule has 0 heterocycles. The van der Waals surface area contributed by atoms with E-state index >= 15 is 0 Å². The van der Waals surface area contributed by atoms with Gasteiger partial charge in [0.25, 0.3) is 5.91 Å². The first-order valence-corrected chi connectivity index (χ1v) is 5.23. The van der Waals surface area contributed by atoms with E-state index in [9.17, 15) is 9.59 Å². The molecule has 3 amide bonds. The van der Waals surface area contributed by atoms with Crippen LogP contribution in [0.4, 0.5) is 10.5 Å². The molecule has 6 nitrogen and oxygen atoms in total. The number of rotatable bonds is 5. The van der Waals surface area contributed by atoms with Crippen molar-refractivity contribution >= 4 is 17.6 Å². The van der Waals surface area contributed by atoms with Gasteiger partial charge in [-0.3, -0.25) is 4.79 Å². The van der Waals surface area contributed by atoms with Crippen LogP contribution in [0, 0.1) is 0 Å². The van der Waals surface area contributed by atoms with Crippen LogP contribution in [0.5, 0.6) is 0 Å². The normalized spacial score (nSPS) is 9.47. The maximum atomic E-state index is 11.8. The summed E-state index contributed by atoms with van der Waals surface area (Å²) in [5.74, 6) is -0.193. The largest absolute Gasteiger partial charge is 0.387 e.